The molecule has 1 aliphatic heterocycles. The van der Waals surface area contributed by atoms with Gasteiger partial charge in [-0.1, -0.05) is 19.1 Å². The van der Waals surface area contributed by atoms with E-state index in [-0.39, 0.29) is 36.8 Å². The van der Waals surface area contributed by atoms with Crippen molar-refractivity contribution in [2.24, 2.45) is 0 Å². The number of nitrogen functional groups attached to an aromatic ring is 1. The molecule has 1 aliphatic rings. The average molecular weight is 398 g/mol. The molecule has 0 aliphatic carbocycles. The van der Waals surface area contributed by atoms with Crippen LogP contribution in [0.4, 0.5) is 11.5 Å². The lowest BCUT2D eigenvalue weighted by molar-refractivity contribution is 0.0932. The number of rotatable bonds is 4. The summed E-state index contributed by atoms with van der Waals surface area (Å²) in [5, 5.41) is 3.09. The first kappa shape index (κ1) is 22.0. The molecule has 0 saturated carbocycles. The van der Waals surface area contributed by atoms with Gasteiger partial charge in [0.15, 0.2) is 0 Å². The topological polar surface area (TPSA) is 84.1 Å². The molecular weight excluding hydrogens is 373 g/mol. The van der Waals surface area contributed by atoms with Gasteiger partial charge in [0.1, 0.15) is 12.1 Å². The summed E-state index contributed by atoms with van der Waals surface area (Å²) in [6, 6.07) is 9.38. The third-order valence-corrected chi connectivity index (χ3v) is 4.43. The summed E-state index contributed by atoms with van der Waals surface area (Å²) in [6.45, 7) is 3.83. The highest BCUT2D eigenvalue weighted by atomic mass is 35.5. The minimum atomic E-state index is -0.0955. The van der Waals surface area contributed by atoms with Gasteiger partial charge in [-0.05, 0) is 31.4 Å². The molecule has 2 heterocycles. The molecule has 142 valence electrons. The van der Waals surface area contributed by atoms with E-state index in [1.54, 1.807) is 18.5 Å². The van der Waals surface area contributed by atoms with Crippen LogP contribution in [0.3, 0.4) is 0 Å². The summed E-state index contributed by atoms with van der Waals surface area (Å²) in [7, 11) is 0. The SMILES string of the molecule is CCc1cc(N2CCC(NC(=O)c3ccccc3N)CC2)ncn1.Cl.Cl. The van der Waals surface area contributed by atoms with E-state index in [9.17, 15) is 4.79 Å². The highest BCUT2D eigenvalue weighted by Crippen LogP contribution is 2.19. The fourth-order valence-electron chi connectivity index (χ4n) is 2.97. The smallest absolute Gasteiger partial charge is 0.253 e. The number of carbonyl (C=O) groups is 1. The lowest BCUT2D eigenvalue weighted by Crippen LogP contribution is -2.45. The summed E-state index contributed by atoms with van der Waals surface area (Å²) in [4.78, 5) is 23.2. The Morgan fingerprint density at radius 3 is 2.58 bits per heavy atom. The first-order valence-electron chi connectivity index (χ1n) is 8.38. The number of nitrogens with two attached hydrogens (primary N) is 1. The zero-order chi connectivity index (χ0) is 16.9. The van der Waals surface area contributed by atoms with Gasteiger partial charge in [0, 0.05) is 36.6 Å². The molecule has 3 N–H and O–H groups in total. The number of hydrogen-bond donors (Lipinski definition) is 2. The van der Waals surface area contributed by atoms with Gasteiger partial charge < -0.3 is 16.0 Å². The number of aryl methyl sites for hydroxylation is 1. The molecule has 0 spiro atoms. The third-order valence-electron chi connectivity index (χ3n) is 4.43. The fraction of sp³-hybridized carbons (Fsp3) is 0.389. The molecule has 26 heavy (non-hydrogen) atoms. The lowest BCUT2D eigenvalue weighted by atomic mass is 10.0. The van der Waals surface area contributed by atoms with E-state index >= 15 is 0 Å². The molecule has 0 radical (unpaired) electrons. The molecule has 6 nitrogen and oxygen atoms in total. The maximum Gasteiger partial charge on any atom is 0.253 e. The fourth-order valence-corrected chi connectivity index (χ4v) is 2.97. The highest BCUT2D eigenvalue weighted by molar-refractivity contribution is 5.99. The molecule has 2 aromatic rings. The molecule has 8 heteroatoms. The quantitative estimate of drug-likeness (QED) is 0.774. The van der Waals surface area contributed by atoms with Crippen molar-refractivity contribution in [3.8, 4) is 0 Å². The molecule has 1 aromatic carbocycles. The van der Waals surface area contributed by atoms with Crippen molar-refractivity contribution in [3.63, 3.8) is 0 Å². The van der Waals surface area contributed by atoms with Gasteiger partial charge in [-0.15, -0.1) is 24.8 Å². The minimum Gasteiger partial charge on any atom is -0.398 e. The number of benzene rings is 1. The van der Waals surface area contributed by atoms with Crippen molar-refractivity contribution < 1.29 is 4.79 Å². The van der Waals surface area contributed by atoms with E-state index in [0.717, 1.165) is 43.9 Å². The van der Waals surface area contributed by atoms with Gasteiger partial charge >= 0.3 is 0 Å². The number of carbonyl (C=O) groups excluding carboxylic acids is 1. The largest absolute Gasteiger partial charge is 0.398 e. The van der Waals surface area contributed by atoms with E-state index < -0.39 is 0 Å². The maximum atomic E-state index is 12.3. The van der Waals surface area contributed by atoms with Gasteiger partial charge in [-0.25, -0.2) is 9.97 Å². The van der Waals surface area contributed by atoms with Crippen LogP contribution in [0, 0.1) is 0 Å². The number of nitrogens with one attached hydrogen (secondary N) is 1. The Morgan fingerprint density at radius 1 is 1.23 bits per heavy atom. The zero-order valence-corrected chi connectivity index (χ0v) is 16.4. The van der Waals surface area contributed by atoms with Crippen LogP contribution in [-0.2, 0) is 6.42 Å². The maximum absolute atomic E-state index is 12.3. The number of amides is 1. The average Bonchev–Trinajstić information content (AvgIpc) is 2.62. The molecule has 0 bridgehead atoms. The van der Waals surface area contributed by atoms with Gasteiger partial charge in [0.25, 0.3) is 5.91 Å². The van der Waals surface area contributed by atoms with Crippen LogP contribution < -0.4 is 16.0 Å². The second-order valence-electron chi connectivity index (χ2n) is 6.04. The summed E-state index contributed by atoms with van der Waals surface area (Å²) in [5.41, 5.74) is 7.98. The molecule has 0 unspecified atom stereocenters. The summed E-state index contributed by atoms with van der Waals surface area (Å²) in [5.74, 6) is 0.876. The number of hydrogen-bond acceptors (Lipinski definition) is 5. The Balaban J connectivity index is 0.00000169. The van der Waals surface area contributed by atoms with Crippen LogP contribution >= 0.6 is 24.8 Å². The van der Waals surface area contributed by atoms with Gasteiger partial charge in [-0.2, -0.15) is 0 Å². The van der Waals surface area contributed by atoms with Crippen LogP contribution in [0.15, 0.2) is 36.7 Å². The third kappa shape index (κ3) is 5.22. The van der Waals surface area contributed by atoms with E-state index in [2.05, 4.69) is 27.1 Å². The summed E-state index contributed by atoms with van der Waals surface area (Å²) >= 11 is 0. The highest BCUT2D eigenvalue weighted by Gasteiger charge is 2.22. The van der Waals surface area contributed by atoms with E-state index in [0.29, 0.717) is 11.3 Å². The van der Waals surface area contributed by atoms with Gasteiger partial charge in [0.05, 0.1) is 5.56 Å². The minimum absolute atomic E-state index is 0. The molecule has 3 rings (SSSR count). The first-order chi connectivity index (χ1) is 11.7. The number of nitrogens with zero attached hydrogens (tertiary/aromatic N) is 3. The Morgan fingerprint density at radius 2 is 1.92 bits per heavy atom. The number of piperidine rings is 1. The van der Waals surface area contributed by atoms with Gasteiger partial charge in [0.2, 0.25) is 0 Å². The van der Waals surface area contributed by atoms with Crippen molar-refractivity contribution in [1.82, 2.24) is 15.3 Å². The van der Waals surface area contributed by atoms with Crippen molar-refractivity contribution in [3.05, 3.63) is 47.9 Å². The number of aromatic nitrogens is 2. The Kier molecular flexibility index (Phi) is 8.61. The summed E-state index contributed by atoms with van der Waals surface area (Å²) < 4.78 is 0. The number of halogens is 2. The standard InChI is InChI=1S/C18H23N5O.2ClH/c1-2-13-11-17(21-12-20-13)23-9-7-14(8-10-23)22-18(24)15-5-3-4-6-16(15)19;;/h3-6,11-12,14H,2,7-10,19H2,1H3,(H,22,24);2*1H. The molecular formula is C18H25Cl2N5O. The van der Waals surface area contributed by atoms with Crippen LogP contribution in [0.5, 0.6) is 0 Å². The van der Waals surface area contributed by atoms with Crippen molar-refractivity contribution in [1.29, 1.82) is 0 Å². The number of anilines is 2. The van der Waals surface area contributed by atoms with Crippen LogP contribution in [0.25, 0.3) is 0 Å². The first-order valence-corrected chi connectivity index (χ1v) is 8.38. The zero-order valence-electron chi connectivity index (χ0n) is 14.7. The van der Waals surface area contributed by atoms with Crippen molar-refractivity contribution in [2.75, 3.05) is 23.7 Å². The lowest BCUT2D eigenvalue weighted by Gasteiger charge is -2.33. The molecule has 1 amide bonds. The number of para-hydroxylation sites is 1. The molecule has 1 saturated heterocycles. The predicted octanol–water partition coefficient (Wildman–Crippen LogP) is 2.86. The van der Waals surface area contributed by atoms with Crippen LogP contribution in [0.1, 0.15) is 35.8 Å². The van der Waals surface area contributed by atoms with Crippen LogP contribution in [-0.4, -0.2) is 35.0 Å². The second-order valence-corrected chi connectivity index (χ2v) is 6.04. The van der Waals surface area contributed by atoms with Crippen molar-refractivity contribution in [2.45, 2.75) is 32.2 Å². The Hall–Kier alpha value is -2.05. The Bertz CT molecular complexity index is 720. The summed E-state index contributed by atoms with van der Waals surface area (Å²) in [6.07, 6.45) is 4.31. The van der Waals surface area contributed by atoms with Gasteiger partial charge in [-0.3, -0.25) is 4.79 Å². The van der Waals surface area contributed by atoms with Crippen molar-refractivity contribution >= 4 is 42.2 Å². The van der Waals surface area contributed by atoms with E-state index in [1.165, 1.54) is 0 Å². The normalized spacial score (nSPS) is 14.1. The monoisotopic (exact) mass is 397 g/mol. The molecule has 1 fully saturated rings. The van der Waals surface area contributed by atoms with E-state index in [4.69, 9.17) is 5.73 Å². The molecule has 0 atom stereocenters. The predicted molar refractivity (Wildman–Crippen MR) is 109 cm³/mol. The van der Waals surface area contributed by atoms with E-state index in [1.807, 2.05) is 18.2 Å². The second kappa shape index (κ2) is 10.2. The molecule has 1 aromatic heterocycles. The van der Waals surface area contributed by atoms with Crippen LogP contribution in [0.2, 0.25) is 0 Å². The Labute approximate surface area is 166 Å².